The number of benzene rings is 2. The molecule has 2 heterocycles. The molecule has 0 radical (unpaired) electrons. The van der Waals surface area contributed by atoms with Gasteiger partial charge >= 0.3 is 0 Å². The first-order chi connectivity index (χ1) is 11.2. The summed E-state index contributed by atoms with van der Waals surface area (Å²) in [4.78, 5) is 13.5. The van der Waals surface area contributed by atoms with Gasteiger partial charge in [0.15, 0.2) is 0 Å². The Balaban J connectivity index is 0.00000169. The Kier molecular flexibility index (Phi) is 4.64. The number of aromatic nitrogens is 3. The fourth-order valence-corrected chi connectivity index (χ4v) is 3.28. The van der Waals surface area contributed by atoms with Crippen molar-refractivity contribution in [2.75, 3.05) is 11.6 Å². The summed E-state index contributed by atoms with van der Waals surface area (Å²) in [6.07, 6.45) is 3.81. The van der Waals surface area contributed by atoms with Gasteiger partial charge in [0, 0.05) is 21.7 Å². The fourth-order valence-electron chi connectivity index (χ4n) is 2.82. The summed E-state index contributed by atoms with van der Waals surface area (Å²) >= 11 is 1.74. The Bertz CT molecular complexity index is 1010. The second-order valence-electron chi connectivity index (χ2n) is 5.42. The SMILES string of the molecule is CSc1cccc(Nc2cc(C)nc3ccc4nc[nH]c4c23)c1.Cl. The van der Waals surface area contributed by atoms with E-state index in [1.165, 1.54) is 4.90 Å². The standard InChI is InChI=1S/C18H16N4S.ClH/c1-11-8-16(22-12-4-3-5-13(9-12)23-2)17-14(21-11)6-7-15-18(17)20-10-19-15;/h3-10H,1-2H3,(H,19,20)(H,21,22);1H. The number of aryl methyl sites for hydroxylation is 1. The number of pyridine rings is 1. The highest BCUT2D eigenvalue weighted by molar-refractivity contribution is 7.98. The number of fused-ring (bicyclic) bond motifs is 3. The first-order valence-corrected chi connectivity index (χ1v) is 8.61. The van der Waals surface area contributed by atoms with Gasteiger partial charge in [-0.05, 0) is 49.6 Å². The molecule has 24 heavy (non-hydrogen) atoms. The van der Waals surface area contributed by atoms with Crippen molar-refractivity contribution in [1.82, 2.24) is 15.0 Å². The first-order valence-electron chi connectivity index (χ1n) is 7.39. The van der Waals surface area contributed by atoms with Crippen molar-refractivity contribution >= 4 is 57.5 Å². The van der Waals surface area contributed by atoms with Crippen LogP contribution in [0.3, 0.4) is 0 Å². The molecule has 0 spiro atoms. The number of nitrogens with one attached hydrogen (secondary N) is 2. The van der Waals surface area contributed by atoms with Crippen molar-refractivity contribution in [3.05, 3.63) is 54.5 Å². The van der Waals surface area contributed by atoms with Crippen LogP contribution in [0.5, 0.6) is 0 Å². The quantitative estimate of drug-likeness (QED) is 0.488. The Morgan fingerprint density at radius 3 is 2.75 bits per heavy atom. The van der Waals surface area contributed by atoms with Crippen LogP contribution in [-0.4, -0.2) is 21.2 Å². The van der Waals surface area contributed by atoms with Crippen LogP contribution >= 0.6 is 24.2 Å². The normalized spacial score (nSPS) is 10.8. The van der Waals surface area contributed by atoms with Gasteiger partial charge in [-0.15, -0.1) is 24.2 Å². The van der Waals surface area contributed by atoms with Crippen molar-refractivity contribution in [3.8, 4) is 0 Å². The molecule has 4 nitrogen and oxygen atoms in total. The molecule has 4 aromatic rings. The van der Waals surface area contributed by atoms with Gasteiger partial charge < -0.3 is 10.3 Å². The molecule has 122 valence electrons. The van der Waals surface area contributed by atoms with E-state index in [2.05, 4.69) is 56.9 Å². The van der Waals surface area contributed by atoms with E-state index in [9.17, 15) is 0 Å². The van der Waals surface area contributed by atoms with Gasteiger partial charge in [-0.2, -0.15) is 0 Å². The monoisotopic (exact) mass is 356 g/mol. The zero-order valence-corrected chi connectivity index (χ0v) is 15.0. The van der Waals surface area contributed by atoms with Crippen LogP contribution in [0.15, 0.2) is 53.7 Å². The van der Waals surface area contributed by atoms with E-state index in [0.29, 0.717) is 0 Å². The van der Waals surface area contributed by atoms with Gasteiger partial charge in [0.2, 0.25) is 0 Å². The van der Waals surface area contributed by atoms with Gasteiger partial charge in [0.05, 0.1) is 28.6 Å². The predicted octanol–water partition coefficient (Wildman–Crippen LogP) is 5.31. The van der Waals surface area contributed by atoms with Crippen LogP contribution in [0.25, 0.3) is 21.9 Å². The van der Waals surface area contributed by atoms with Crippen LogP contribution in [0.1, 0.15) is 5.69 Å². The molecule has 0 aliphatic rings. The molecule has 2 aromatic heterocycles. The Morgan fingerprint density at radius 2 is 1.92 bits per heavy atom. The van der Waals surface area contributed by atoms with Crippen molar-refractivity contribution in [1.29, 1.82) is 0 Å². The minimum absolute atomic E-state index is 0. The first kappa shape index (κ1) is 16.6. The number of thioether (sulfide) groups is 1. The Hall–Kier alpha value is -2.24. The van der Waals surface area contributed by atoms with Crippen molar-refractivity contribution < 1.29 is 0 Å². The lowest BCUT2D eigenvalue weighted by Crippen LogP contribution is -1.95. The molecule has 0 aliphatic carbocycles. The summed E-state index contributed by atoms with van der Waals surface area (Å²) in [6, 6.07) is 14.5. The molecule has 0 saturated heterocycles. The number of anilines is 2. The van der Waals surface area contributed by atoms with E-state index in [4.69, 9.17) is 0 Å². The molecule has 2 N–H and O–H groups in total. The van der Waals surface area contributed by atoms with Gasteiger partial charge in [0.25, 0.3) is 0 Å². The van der Waals surface area contributed by atoms with E-state index in [1.807, 2.05) is 19.1 Å². The number of aromatic amines is 1. The second kappa shape index (κ2) is 6.71. The summed E-state index contributed by atoms with van der Waals surface area (Å²) in [5, 5.41) is 4.61. The molecule has 6 heteroatoms. The average molecular weight is 357 g/mol. The summed E-state index contributed by atoms with van der Waals surface area (Å²) in [5.41, 5.74) is 6.02. The van der Waals surface area contributed by atoms with E-state index in [1.54, 1.807) is 18.1 Å². The lowest BCUT2D eigenvalue weighted by atomic mass is 10.1. The molecule has 0 unspecified atom stereocenters. The number of halogens is 1. The number of nitrogens with zero attached hydrogens (tertiary/aromatic N) is 2. The Morgan fingerprint density at radius 1 is 1.08 bits per heavy atom. The van der Waals surface area contributed by atoms with E-state index >= 15 is 0 Å². The van der Waals surface area contributed by atoms with Crippen molar-refractivity contribution in [2.24, 2.45) is 0 Å². The lowest BCUT2D eigenvalue weighted by Gasteiger charge is -2.12. The largest absolute Gasteiger partial charge is 0.355 e. The molecule has 0 atom stereocenters. The maximum atomic E-state index is 4.65. The van der Waals surface area contributed by atoms with Crippen LogP contribution in [-0.2, 0) is 0 Å². The average Bonchev–Trinajstić information content (AvgIpc) is 3.03. The fraction of sp³-hybridized carbons (Fsp3) is 0.111. The van der Waals surface area contributed by atoms with E-state index in [-0.39, 0.29) is 12.4 Å². The number of hydrogen-bond donors (Lipinski definition) is 2. The smallest absolute Gasteiger partial charge is 0.0932 e. The molecule has 0 fully saturated rings. The number of rotatable bonds is 3. The third-order valence-corrected chi connectivity index (χ3v) is 4.57. The molecular formula is C18H17ClN4S. The van der Waals surface area contributed by atoms with E-state index < -0.39 is 0 Å². The van der Waals surface area contributed by atoms with Crippen molar-refractivity contribution in [3.63, 3.8) is 0 Å². The Labute approximate surface area is 150 Å². The zero-order chi connectivity index (χ0) is 15.8. The zero-order valence-electron chi connectivity index (χ0n) is 13.3. The molecule has 2 aromatic carbocycles. The predicted molar refractivity (Wildman–Crippen MR) is 105 cm³/mol. The summed E-state index contributed by atoms with van der Waals surface area (Å²) < 4.78 is 0. The molecular weight excluding hydrogens is 340 g/mol. The van der Waals surface area contributed by atoms with Crippen LogP contribution < -0.4 is 5.32 Å². The molecule has 4 rings (SSSR count). The van der Waals surface area contributed by atoms with Crippen molar-refractivity contribution in [2.45, 2.75) is 11.8 Å². The molecule has 0 aliphatic heterocycles. The van der Waals surface area contributed by atoms with Crippen LogP contribution in [0.2, 0.25) is 0 Å². The van der Waals surface area contributed by atoms with Crippen LogP contribution in [0, 0.1) is 6.92 Å². The minimum atomic E-state index is 0. The number of imidazole rings is 1. The van der Waals surface area contributed by atoms with Gasteiger partial charge in [-0.1, -0.05) is 6.07 Å². The van der Waals surface area contributed by atoms with E-state index in [0.717, 1.165) is 39.0 Å². The maximum Gasteiger partial charge on any atom is 0.0932 e. The van der Waals surface area contributed by atoms with Gasteiger partial charge in [-0.3, -0.25) is 4.98 Å². The van der Waals surface area contributed by atoms with Crippen LogP contribution in [0.4, 0.5) is 11.4 Å². The molecule has 0 bridgehead atoms. The van der Waals surface area contributed by atoms with Gasteiger partial charge in [0.1, 0.15) is 0 Å². The molecule has 0 saturated carbocycles. The third kappa shape index (κ3) is 2.92. The third-order valence-electron chi connectivity index (χ3n) is 3.84. The van der Waals surface area contributed by atoms with Gasteiger partial charge in [-0.25, -0.2) is 4.98 Å². The number of H-pyrrole nitrogens is 1. The molecule has 0 amide bonds. The highest BCUT2D eigenvalue weighted by atomic mass is 35.5. The summed E-state index contributed by atoms with van der Waals surface area (Å²) in [6.45, 7) is 2.01. The highest BCUT2D eigenvalue weighted by Gasteiger charge is 2.10. The second-order valence-corrected chi connectivity index (χ2v) is 6.30. The topological polar surface area (TPSA) is 53.6 Å². The summed E-state index contributed by atoms with van der Waals surface area (Å²) in [7, 11) is 0. The highest BCUT2D eigenvalue weighted by Crippen LogP contribution is 2.32. The summed E-state index contributed by atoms with van der Waals surface area (Å²) in [5.74, 6) is 0. The maximum absolute atomic E-state index is 4.65. The number of hydrogen-bond acceptors (Lipinski definition) is 4. The minimum Gasteiger partial charge on any atom is -0.355 e. The lowest BCUT2D eigenvalue weighted by molar-refractivity contribution is 1.25.